The van der Waals surface area contributed by atoms with E-state index in [1.54, 1.807) is 30.3 Å². The minimum absolute atomic E-state index is 0.265. The minimum Gasteiger partial charge on any atom is -0.350 e. The Morgan fingerprint density at radius 2 is 1.89 bits per heavy atom. The van der Waals surface area contributed by atoms with Crippen molar-refractivity contribution in [2.75, 3.05) is 6.54 Å². The molecule has 0 unspecified atom stereocenters. The highest BCUT2D eigenvalue weighted by Gasteiger charge is 2.51. The quantitative estimate of drug-likeness (QED) is 0.750. The predicted octanol–water partition coefficient (Wildman–Crippen LogP) is 2.81. The highest BCUT2D eigenvalue weighted by molar-refractivity contribution is 6.30. The second kappa shape index (κ2) is 7.80. The summed E-state index contributed by atoms with van der Waals surface area (Å²) in [4.78, 5) is 38.6. The van der Waals surface area contributed by atoms with Gasteiger partial charge in [0.05, 0.1) is 0 Å². The van der Waals surface area contributed by atoms with Crippen LogP contribution in [0.2, 0.25) is 5.02 Å². The SMILES string of the molecule is CC[C@]1(c2ccccc2)NC(=O)N(CC(=O)NCc2cccc(Cl)c2)C1=O. The molecule has 0 saturated carbocycles. The van der Waals surface area contributed by atoms with E-state index in [0.717, 1.165) is 10.5 Å². The van der Waals surface area contributed by atoms with Gasteiger partial charge in [0.25, 0.3) is 5.91 Å². The van der Waals surface area contributed by atoms with E-state index in [4.69, 9.17) is 11.6 Å². The number of benzene rings is 2. The van der Waals surface area contributed by atoms with E-state index in [1.165, 1.54) is 0 Å². The van der Waals surface area contributed by atoms with Crippen LogP contribution in [0.4, 0.5) is 4.79 Å². The molecule has 1 aliphatic heterocycles. The topological polar surface area (TPSA) is 78.5 Å². The summed E-state index contributed by atoms with van der Waals surface area (Å²) in [5.41, 5.74) is 0.402. The molecule has 0 spiro atoms. The van der Waals surface area contributed by atoms with Crippen LogP contribution in [0.3, 0.4) is 0 Å². The second-order valence-electron chi connectivity index (χ2n) is 6.35. The van der Waals surface area contributed by atoms with Crippen molar-refractivity contribution >= 4 is 29.4 Å². The van der Waals surface area contributed by atoms with Crippen molar-refractivity contribution in [3.05, 3.63) is 70.7 Å². The van der Waals surface area contributed by atoms with Gasteiger partial charge in [0.15, 0.2) is 0 Å². The molecule has 2 N–H and O–H groups in total. The fourth-order valence-electron chi connectivity index (χ4n) is 3.18. The summed E-state index contributed by atoms with van der Waals surface area (Å²) in [7, 11) is 0. The van der Waals surface area contributed by atoms with Gasteiger partial charge in [-0.2, -0.15) is 0 Å². The van der Waals surface area contributed by atoms with Crippen molar-refractivity contribution in [3.8, 4) is 0 Å². The Kier molecular flexibility index (Phi) is 5.46. The second-order valence-corrected chi connectivity index (χ2v) is 6.79. The smallest absolute Gasteiger partial charge is 0.325 e. The number of nitrogens with zero attached hydrogens (tertiary/aromatic N) is 1. The zero-order valence-corrected chi connectivity index (χ0v) is 15.6. The molecule has 0 aromatic heterocycles. The molecular weight excluding hydrogens is 366 g/mol. The molecule has 1 heterocycles. The van der Waals surface area contributed by atoms with Crippen molar-refractivity contribution in [3.63, 3.8) is 0 Å². The Morgan fingerprint density at radius 1 is 1.15 bits per heavy atom. The maximum atomic E-state index is 13.0. The minimum atomic E-state index is -1.13. The number of carbonyl (C=O) groups excluding carboxylic acids is 3. The van der Waals surface area contributed by atoms with Crippen molar-refractivity contribution < 1.29 is 14.4 Å². The average Bonchev–Trinajstić information content (AvgIpc) is 2.92. The van der Waals surface area contributed by atoms with Crippen LogP contribution in [-0.2, 0) is 21.7 Å². The number of carbonyl (C=O) groups is 3. The van der Waals surface area contributed by atoms with Gasteiger partial charge in [0, 0.05) is 11.6 Å². The van der Waals surface area contributed by atoms with Gasteiger partial charge in [0.2, 0.25) is 5.91 Å². The van der Waals surface area contributed by atoms with E-state index in [1.807, 2.05) is 31.2 Å². The van der Waals surface area contributed by atoms with Crippen molar-refractivity contribution in [2.45, 2.75) is 25.4 Å². The predicted molar refractivity (Wildman–Crippen MR) is 102 cm³/mol. The van der Waals surface area contributed by atoms with Crippen LogP contribution in [0.25, 0.3) is 0 Å². The molecule has 0 bridgehead atoms. The van der Waals surface area contributed by atoms with E-state index >= 15 is 0 Å². The fraction of sp³-hybridized carbons (Fsp3) is 0.250. The van der Waals surface area contributed by atoms with Gasteiger partial charge >= 0.3 is 6.03 Å². The van der Waals surface area contributed by atoms with Crippen molar-refractivity contribution in [2.24, 2.45) is 0 Å². The first-order chi connectivity index (χ1) is 13.0. The first kappa shape index (κ1) is 18.9. The van der Waals surface area contributed by atoms with Crippen LogP contribution in [-0.4, -0.2) is 29.3 Å². The van der Waals surface area contributed by atoms with Crippen LogP contribution in [0, 0.1) is 0 Å². The first-order valence-electron chi connectivity index (χ1n) is 8.67. The Hall–Kier alpha value is -2.86. The van der Waals surface area contributed by atoms with E-state index in [0.29, 0.717) is 17.0 Å². The highest BCUT2D eigenvalue weighted by Crippen LogP contribution is 2.32. The summed E-state index contributed by atoms with van der Waals surface area (Å²) >= 11 is 5.92. The summed E-state index contributed by atoms with van der Waals surface area (Å²) in [6, 6.07) is 15.6. The molecule has 4 amide bonds. The summed E-state index contributed by atoms with van der Waals surface area (Å²) in [6.07, 6.45) is 0.391. The molecule has 140 valence electrons. The van der Waals surface area contributed by atoms with Gasteiger partial charge in [-0.15, -0.1) is 0 Å². The van der Waals surface area contributed by atoms with Gasteiger partial charge in [0.1, 0.15) is 12.1 Å². The normalized spacial score (nSPS) is 19.1. The maximum absolute atomic E-state index is 13.0. The Bertz CT molecular complexity index is 872. The summed E-state index contributed by atoms with van der Waals surface area (Å²) in [5.74, 6) is -0.836. The molecule has 2 aromatic carbocycles. The number of imide groups is 1. The Morgan fingerprint density at radius 3 is 2.56 bits per heavy atom. The van der Waals surface area contributed by atoms with E-state index in [9.17, 15) is 14.4 Å². The van der Waals surface area contributed by atoms with Crippen LogP contribution in [0.15, 0.2) is 54.6 Å². The number of halogens is 1. The van der Waals surface area contributed by atoms with Gasteiger partial charge < -0.3 is 10.6 Å². The molecule has 1 aliphatic rings. The third kappa shape index (κ3) is 3.80. The highest BCUT2D eigenvalue weighted by atomic mass is 35.5. The maximum Gasteiger partial charge on any atom is 0.325 e. The summed E-state index contributed by atoms with van der Waals surface area (Å²) in [5, 5.41) is 6.04. The molecule has 2 aromatic rings. The van der Waals surface area contributed by atoms with Gasteiger partial charge in [-0.1, -0.05) is 61.0 Å². The van der Waals surface area contributed by atoms with Gasteiger partial charge in [-0.25, -0.2) is 4.79 Å². The average molecular weight is 386 g/mol. The largest absolute Gasteiger partial charge is 0.350 e. The first-order valence-corrected chi connectivity index (χ1v) is 9.05. The number of rotatable bonds is 6. The standard InChI is InChI=1S/C20H20ClN3O3/c1-2-20(15-8-4-3-5-9-15)18(26)24(19(27)23-20)13-17(25)22-12-14-7-6-10-16(21)11-14/h3-11H,2,12-13H2,1H3,(H,22,25)(H,23,27)/t20-/m1/s1. The third-order valence-electron chi connectivity index (χ3n) is 4.65. The van der Waals surface area contributed by atoms with E-state index in [2.05, 4.69) is 10.6 Å². The molecule has 27 heavy (non-hydrogen) atoms. The van der Waals surface area contributed by atoms with Crippen LogP contribution < -0.4 is 10.6 Å². The van der Waals surface area contributed by atoms with Crippen LogP contribution in [0.5, 0.6) is 0 Å². The number of hydrogen-bond donors (Lipinski definition) is 2. The molecule has 0 aliphatic carbocycles. The molecule has 6 nitrogen and oxygen atoms in total. The van der Waals surface area contributed by atoms with Gasteiger partial charge in [-0.3, -0.25) is 14.5 Å². The lowest BCUT2D eigenvalue weighted by atomic mass is 9.87. The lowest BCUT2D eigenvalue weighted by molar-refractivity contribution is -0.135. The molecule has 1 saturated heterocycles. The lowest BCUT2D eigenvalue weighted by Crippen LogP contribution is -2.44. The third-order valence-corrected chi connectivity index (χ3v) is 4.89. The van der Waals surface area contributed by atoms with Crippen LogP contribution in [0.1, 0.15) is 24.5 Å². The monoisotopic (exact) mass is 385 g/mol. The molecule has 1 fully saturated rings. The van der Waals surface area contributed by atoms with E-state index in [-0.39, 0.29) is 13.1 Å². The van der Waals surface area contributed by atoms with E-state index < -0.39 is 23.4 Å². The molecule has 3 rings (SSSR count). The van der Waals surface area contributed by atoms with Crippen LogP contribution >= 0.6 is 11.6 Å². The lowest BCUT2D eigenvalue weighted by Gasteiger charge is -2.25. The number of urea groups is 1. The molecular formula is C20H20ClN3O3. The molecule has 7 heteroatoms. The van der Waals surface area contributed by atoms with Crippen molar-refractivity contribution in [1.82, 2.24) is 15.5 Å². The number of amides is 4. The number of nitrogens with one attached hydrogen (secondary N) is 2. The summed E-state index contributed by atoms with van der Waals surface area (Å²) < 4.78 is 0. The van der Waals surface area contributed by atoms with Crippen molar-refractivity contribution in [1.29, 1.82) is 0 Å². The Balaban J connectivity index is 1.69. The zero-order chi connectivity index (χ0) is 19.4. The zero-order valence-electron chi connectivity index (χ0n) is 14.9. The molecule has 0 radical (unpaired) electrons. The van der Waals surface area contributed by atoms with Gasteiger partial charge in [-0.05, 0) is 29.7 Å². The molecule has 1 atom stereocenters. The number of hydrogen-bond acceptors (Lipinski definition) is 3. The fourth-order valence-corrected chi connectivity index (χ4v) is 3.39. The summed E-state index contributed by atoms with van der Waals surface area (Å²) in [6.45, 7) is 1.76. The Labute approximate surface area is 162 Å².